The number of hydrogen-bond donors (Lipinski definition) is 1. The first-order chi connectivity index (χ1) is 5.88. The van der Waals surface area contributed by atoms with E-state index in [0.29, 0.717) is 5.92 Å². The third-order valence-electron chi connectivity index (χ3n) is 2.93. The molecule has 0 saturated heterocycles. The first-order valence-corrected chi connectivity index (χ1v) is 4.73. The Bertz CT molecular complexity index is 230. The number of hydrogen-bond acceptors (Lipinski definition) is 2. The molecule has 1 N–H and O–H groups in total. The fraction of sp³-hybridized carbons (Fsp3) is 0.778. The summed E-state index contributed by atoms with van der Waals surface area (Å²) in [5, 5.41) is 10.7. The number of rotatable bonds is 1. The van der Waals surface area contributed by atoms with Crippen molar-refractivity contribution in [3.8, 4) is 0 Å². The van der Waals surface area contributed by atoms with Crippen molar-refractivity contribution in [2.45, 2.75) is 38.5 Å². The highest BCUT2D eigenvalue weighted by atomic mass is 15.3. The van der Waals surface area contributed by atoms with Gasteiger partial charge in [-0.05, 0) is 12.3 Å². The van der Waals surface area contributed by atoms with E-state index in [1.54, 1.807) is 0 Å². The average molecular weight is 165 g/mol. The van der Waals surface area contributed by atoms with E-state index in [1.165, 1.54) is 25.7 Å². The van der Waals surface area contributed by atoms with E-state index in [-0.39, 0.29) is 0 Å². The summed E-state index contributed by atoms with van der Waals surface area (Å²) in [4.78, 5) is 0. The molecule has 0 amide bonds. The Labute approximate surface area is 72.6 Å². The molecule has 0 aromatic carbocycles. The van der Waals surface area contributed by atoms with E-state index >= 15 is 0 Å². The number of aromatic amines is 1. The molecule has 3 heteroatoms. The highest BCUT2D eigenvalue weighted by Gasteiger charge is 2.24. The van der Waals surface area contributed by atoms with Gasteiger partial charge in [-0.15, -0.1) is 0 Å². The topological polar surface area (TPSA) is 41.6 Å². The average Bonchev–Trinajstić information content (AvgIpc) is 2.57. The van der Waals surface area contributed by atoms with E-state index in [2.05, 4.69) is 22.3 Å². The molecule has 12 heavy (non-hydrogen) atoms. The molecule has 1 aromatic heterocycles. The lowest BCUT2D eigenvalue weighted by Gasteiger charge is -2.26. The fourth-order valence-corrected chi connectivity index (χ4v) is 2.14. The second kappa shape index (κ2) is 3.25. The lowest BCUT2D eigenvalue weighted by Crippen LogP contribution is -2.15. The fourth-order valence-electron chi connectivity index (χ4n) is 2.14. The summed E-state index contributed by atoms with van der Waals surface area (Å²) in [5.74, 6) is 1.43. The van der Waals surface area contributed by atoms with Crippen LogP contribution in [0.5, 0.6) is 0 Å². The van der Waals surface area contributed by atoms with Gasteiger partial charge in [0.1, 0.15) is 0 Å². The quantitative estimate of drug-likeness (QED) is 0.692. The number of nitrogens with zero attached hydrogens (tertiary/aromatic N) is 2. The number of H-pyrrole nitrogens is 1. The van der Waals surface area contributed by atoms with Crippen molar-refractivity contribution in [2.24, 2.45) is 5.92 Å². The molecule has 66 valence electrons. The molecular weight excluding hydrogens is 150 g/mol. The van der Waals surface area contributed by atoms with Gasteiger partial charge in [0.15, 0.2) is 0 Å². The zero-order valence-corrected chi connectivity index (χ0v) is 7.45. The summed E-state index contributed by atoms with van der Waals surface area (Å²) in [7, 11) is 0. The Balaban J connectivity index is 2.11. The maximum absolute atomic E-state index is 4.15. The van der Waals surface area contributed by atoms with Gasteiger partial charge in [0.2, 0.25) is 0 Å². The van der Waals surface area contributed by atoms with Crippen LogP contribution in [0.25, 0.3) is 0 Å². The van der Waals surface area contributed by atoms with Gasteiger partial charge in [-0.25, -0.2) is 0 Å². The van der Waals surface area contributed by atoms with Crippen molar-refractivity contribution in [3.63, 3.8) is 0 Å². The van der Waals surface area contributed by atoms with Crippen LogP contribution in [0.1, 0.15) is 44.2 Å². The summed E-state index contributed by atoms with van der Waals surface area (Å²) >= 11 is 0. The van der Waals surface area contributed by atoms with E-state index in [1.807, 2.05) is 6.20 Å². The standard InChI is InChI=1S/C9H15N3/c1-7-4-2-3-5-8(7)9-6-10-12-11-9/h6-8H,2-5H2,1H3,(H,10,11,12)/t7-,8-/m1/s1. The predicted molar refractivity (Wildman–Crippen MR) is 46.8 cm³/mol. The molecule has 0 aliphatic heterocycles. The Kier molecular flexibility index (Phi) is 2.11. The Morgan fingerprint density at radius 3 is 2.92 bits per heavy atom. The normalized spacial score (nSPS) is 30.4. The Morgan fingerprint density at radius 1 is 1.42 bits per heavy atom. The van der Waals surface area contributed by atoms with Crippen LogP contribution < -0.4 is 0 Å². The first-order valence-electron chi connectivity index (χ1n) is 4.73. The van der Waals surface area contributed by atoms with Gasteiger partial charge in [-0.3, -0.25) is 0 Å². The van der Waals surface area contributed by atoms with Crippen LogP contribution in [0, 0.1) is 5.92 Å². The van der Waals surface area contributed by atoms with Crippen molar-refractivity contribution in [1.29, 1.82) is 0 Å². The molecule has 0 bridgehead atoms. The summed E-state index contributed by atoms with van der Waals surface area (Å²) in [6.45, 7) is 2.32. The number of nitrogens with one attached hydrogen (secondary N) is 1. The molecule has 1 heterocycles. The van der Waals surface area contributed by atoms with Crippen LogP contribution in [0.3, 0.4) is 0 Å². The largest absolute Gasteiger partial charge is 0.198 e. The van der Waals surface area contributed by atoms with Gasteiger partial charge < -0.3 is 0 Å². The molecule has 3 nitrogen and oxygen atoms in total. The van der Waals surface area contributed by atoms with Crippen LogP contribution in [0.4, 0.5) is 0 Å². The third kappa shape index (κ3) is 1.36. The minimum atomic E-state index is 0.650. The third-order valence-corrected chi connectivity index (χ3v) is 2.93. The Hall–Kier alpha value is -0.860. The van der Waals surface area contributed by atoms with Gasteiger partial charge in [0, 0.05) is 5.92 Å². The first kappa shape index (κ1) is 7.77. The molecule has 0 unspecified atom stereocenters. The zero-order chi connectivity index (χ0) is 8.39. The summed E-state index contributed by atoms with van der Waals surface area (Å²) in [6, 6.07) is 0. The van der Waals surface area contributed by atoms with Crippen LogP contribution >= 0.6 is 0 Å². The van der Waals surface area contributed by atoms with Crippen LogP contribution in [-0.4, -0.2) is 15.4 Å². The minimum absolute atomic E-state index is 0.650. The summed E-state index contributed by atoms with van der Waals surface area (Å²) in [6.07, 6.45) is 7.23. The van der Waals surface area contributed by atoms with Gasteiger partial charge in [-0.2, -0.15) is 15.4 Å². The summed E-state index contributed by atoms with van der Waals surface area (Å²) < 4.78 is 0. The molecule has 1 saturated carbocycles. The van der Waals surface area contributed by atoms with E-state index in [4.69, 9.17) is 0 Å². The molecular formula is C9H15N3. The van der Waals surface area contributed by atoms with Crippen LogP contribution in [0.15, 0.2) is 6.20 Å². The second-order valence-corrected chi connectivity index (χ2v) is 3.76. The van der Waals surface area contributed by atoms with Gasteiger partial charge in [-0.1, -0.05) is 26.2 Å². The highest BCUT2D eigenvalue weighted by Crippen LogP contribution is 2.35. The lowest BCUT2D eigenvalue weighted by atomic mass is 9.79. The van der Waals surface area contributed by atoms with E-state index in [0.717, 1.165) is 11.6 Å². The second-order valence-electron chi connectivity index (χ2n) is 3.76. The van der Waals surface area contributed by atoms with Crippen molar-refractivity contribution in [2.75, 3.05) is 0 Å². The van der Waals surface area contributed by atoms with Crippen LogP contribution in [0.2, 0.25) is 0 Å². The number of aromatic nitrogens is 3. The molecule has 1 fully saturated rings. The maximum atomic E-state index is 4.15. The molecule has 2 atom stereocenters. The molecule has 1 aliphatic rings. The monoisotopic (exact) mass is 165 g/mol. The van der Waals surface area contributed by atoms with Gasteiger partial charge >= 0.3 is 0 Å². The minimum Gasteiger partial charge on any atom is -0.198 e. The smallest absolute Gasteiger partial charge is 0.0858 e. The lowest BCUT2D eigenvalue weighted by molar-refractivity contribution is 0.325. The van der Waals surface area contributed by atoms with Crippen molar-refractivity contribution >= 4 is 0 Å². The predicted octanol–water partition coefficient (Wildman–Crippen LogP) is 2.10. The molecule has 1 aromatic rings. The van der Waals surface area contributed by atoms with E-state index in [9.17, 15) is 0 Å². The van der Waals surface area contributed by atoms with Crippen molar-refractivity contribution < 1.29 is 0 Å². The highest BCUT2D eigenvalue weighted by molar-refractivity contribution is 5.03. The van der Waals surface area contributed by atoms with E-state index < -0.39 is 0 Å². The van der Waals surface area contributed by atoms with Crippen LogP contribution in [-0.2, 0) is 0 Å². The summed E-state index contributed by atoms with van der Waals surface area (Å²) in [5.41, 5.74) is 1.15. The van der Waals surface area contributed by atoms with Crippen molar-refractivity contribution in [3.05, 3.63) is 11.9 Å². The SMILES string of the molecule is C[C@@H]1CCCC[C@H]1c1cn[nH]n1. The Morgan fingerprint density at radius 2 is 2.25 bits per heavy atom. The van der Waals surface area contributed by atoms with Gasteiger partial charge in [0.05, 0.1) is 11.9 Å². The molecule has 0 spiro atoms. The molecule has 2 rings (SSSR count). The maximum Gasteiger partial charge on any atom is 0.0858 e. The van der Waals surface area contributed by atoms with Gasteiger partial charge in [0.25, 0.3) is 0 Å². The zero-order valence-electron chi connectivity index (χ0n) is 7.45. The molecule has 1 aliphatic carbocycles. The molecule has 0 radical (unpaired) electrons. The van der Waals surface area contributed by atoms with Crippen molar-refractivity contribution in [1.82, 2.24) is 15.4 Å².